The fourth-order valence-corrected chi connectivity index (χ4v) is 3.18. The highest BCUT2D eigenvalue weighted by Crippen LogP contribution is 2.43. The maximum atomic E-state index is 12.4. The van der Waals surface area contributed by atoms with Gasteiger partial charge in [-0.25, -0.2) is 0 Å². The van der Waals surface area contributed by atoms with Crippen LogP contribution in [0, 0.1) is 17.2 Å². The molecule has 18 heavy (non-hydrogen) atoms. The third kappa shape index (κ3) is 1.95. The van der Waals surface area contributed by atoms with Crippen LogP contribution in [-0.4, -0.2) is 5.78 Å². The van der Waals surface area contributed by atoms with Gasteiger partial charge in [0.2, 0.25) is 0 Å². The van der Waals surface area contributed by atoms with Crippen LogP contribution in [0.5, 0.6) is 0 Å². The van der Waals surface area contributed by atoms with E-state index in [9.17, 15) is 10.1 Å². The van der Waals surface area contributed by atoms with Crippen LogP contribution >= 0.6 is 0 Å². The molecular formula is C16H19NO. The van der Waals surface area contributed by atoms with Gasteiger partial charge in [-0.05, 0) is 24.3 Å². The van der Waals surface area contributed by atoms with E-state index >= 15 is 0 Å². The summed E-state index contributed by atoms with van der Waals surface area (Å²) in [6.07, 6.45) is 4.69. The zero-order valence-corrected chi connectivity index (χ0v) is 10.9. The van der Waals surface area contributed by atoms with Crippen LogP contribution < -0.4 is 0 Å². The summed E-state index contributed by atoms with van der Waals surface area (Å²) in [4.78, 5) is 12.4. The van der Waals surface area contributed by atoms with Crippen molar-refractivity contribution in [3.63, 3.8) is 0 Å². The fourth-order valence-electron chi connectivity index (χ4n) is 3.18. The van der Waals surface area contributed by atoms with Crippen molar-refractivity contribution in [2.24, 2.45) is 5.92 Å². The molecule has 1 aromatic carbocycles. The molecule has 0 saturated heterocycles. The van der Waals surface area contributed by atoms with Crippen molar-refractivity contribution in [1.82, 2.24) is 0 Å². The summed E-state index contributed by atoms with van der Waals surface area (Å²) >= 11 is 0. The SMILES string of the molecule is CCC(=O)[C@](C#N)(c1ccccc1)C1CCCC1. The molecule has 1 atom stereocenters. The molecule has 0 N–H and O–H groups in total. The van der Waals surface area contributed by atoms with Gasteiger partial charge in [0, 0.05) is 6.42 Å². The van der Waals surface area contributed by atoms with E-state index < -0.39 is 5.41 Å². The van der Waals surface area contributed by atoms with E-state index in [4.69, 9.17) is 0 Å². The quantitative estimate of drug-likeness (QED) is 0.807. The molecule has 1 aliphatic rings. The number of Topliss-reactive ketones (excluding diaryl/α,β-unsaturated/α-hetero) is 1. The Morgan fingerprint density at radius 2 is 1.94 bits per heavy atom. The summed E-state index contributed by atoms with van der Waals surface area (Å²) < 4.78 is 0. The van der Waals surface area contributed by atoms with Gasteiger partial charge >= 0.3 is 0 Å². The third-order valence-corrected chi connectivity index (χ3v) is 4.13. The smallest absolute Gasteiger partial charge is 0.157 e. The number of hydrogen-bond acceptors (Lipinski definition) is 2. The highest BCUT2D eigenvalue weighted by Gasteiger charge is 2.47. The van der Waals surface area contributed by atoms with E-state index in [0.29, 0.717) is 6.42 Å². The van der Waals surface area contributed by atoms with Gasteiger partial charge in [-0.3, -0.25) is 4.79 Å². The maximum Gasteiger partial charge on any atom is 0.157 e. The molecule has 1 aliphatic carbocycles. The molecule has 0 amide bonds. The highest BCUT2D eigenvalue weighted by atomic mass is 16.1. The van der Waals surface area contributed by atoms with Gasteiger partial charge in [-0.1, -0.05) is 50.1 Å². The van der Waals surface area contributed by atoms with Gasteiger partial charge in [0.25, 0.3) is 0 Å². The molecule has 2 nitrogen and oxygen atoms in total. The first-order chi connectivity index (χ1) is 8.75. The van der Waals surface area contributed by atoms with E-state index in [1.165, 1.54) is 0 Å². The van der Waals surface area contributed by atoms with Gasteiger partial charge in [-0.15, -0.1) is 0 Å². The molecule has 0 bridgehead atoms. The van der Waals surface area contributed by atoms with E-state index in [1.807, 2.05) is 37.3 Å². The molecule has 0 aliphatic heterocycles. The average molecular weight is 241 g/mol. The zero-order chi connectivity index (χ0) is 13.0. The minimum Gasteiger partial charge on any atom is -0.298 e. The van der Waals surface area contributed by atoms with Crippen molar-refractivity contribution in [2.75, 3.05) is 0 Å². The van der Waals surface area contributed by atoms with Crippen LogP contribution in [0.1, 0.15) is 44.6 Å². The first-order valence-corrected chi connectivity index (χ1v) is 6.75. The molecule has 2 rings (SSSR count). The molecule has 0 aromatic heterocycles. The van der Waals surface area contributed by atoms with Crippen molar-refractivity contribution in [2.45, 2.75) is 44.4 Å². The predicted octanol–water partition coefficient (Wildman–Crippen LogP) is 3.62. The van der Waals surface area contributed by atoms with E-state index in [2.05, 4.69) is 6.07 Å². The van der Waals surface area contributed by atoms with Gasteiger partial charge < -0.3 is 0 Å². The number of benzene rings is 1. The summed E-state index contributed by atoms with van der Waals surface area (Å²) in [6.45, 7) is 1.85. The van der Waals surface area contributed by atoms with Crippen LogP contribution in [0.2, 0.25) is 0 Å². The van der Waals surface area contributed by atoms with E-state index in [0.717, 1.165) is 31.2 Å². The van der Waals surface area contributed by atoms with Crippen LogP contribution in [0.15, 0.2) is 30.3 Å². The first kappa shape index (κ1) is 12.8. The second kappa shape index (κ2) is 5.35. The molecular weight excluding hydrogens is 222 g/mol. The molecule has 0 spiro atoms. The Hall–Kier alpha value is -1.62. The lowest BCUT2D eigenvalue weighted by molar-refractivity contribution is -0.124. The minimum atomic E-state index is -0.910. The molecule has 94 valence electrons. The zero-order valence-electron chi connectivity index (χ0n) is 10.9. The lowest BCUT2D eigenvalue weighted by Crippen LogP contribution is -2.40. The average Bonchev–Trinajstić information content (AvgIpc) is 2.95. The second-order valence-electron chi connectivity index (χ2n) is 5.04. The molecule has 1 saturated carbocycles. The third-order valence-electron chi connectivity index (χ3n) is 4.13. The van der Waals surface area contributed by atoms with Crippen LogP contribution in [-0.2, 0) is 10.2 Å². The molecule has 1 aromatic rings. The first-order valence-electron chi connectivity index (χ1n) is 6.75. The van der Waals surface area contributed by atoms with Gasteiger partial charge in [0.15, 0.2) is 5.78 Å². The van der Waals surface area contributed by atoms with Crippen LogP contribution in [0.4, 0.5) is 0 Å². The van der Waals surface area contributed by atoms with Gasteiger partial charge in [-0.2, -0.15) is 5.26 Å². The van der Waals surface area contributed by atoms with E-state index in [-0.39, 0.29) is 11.7 Å². The van der Waals surface area contributed by atoms with Crippen LogP contribution in [0.25, 0.3) is 0 Å². The van der Waals surface area contributed by atoms with Crippen molar-refractivity contribution < 1.29 is 4.79 Å². The maximum absolute atomic E-state index is 12.4. The standard InChI is InChI=1S/C16H19NO/c1-2-15(18)16(12-17,14-10-6-7-11-14)13-8-4-3-5-9-13/h3-5,8-9,14H,2,6-7,10-11H2,1H3/t16-/m1/s1. The van der Waals surface area contributed by atoms with E-state index in [1.54, 1.807) is 0 Å². The molecule has 0 radical (unpaired) electrons. The summed E-state index contributed by atoms with van der Waals surface area (Å²) in [6, 6.07) is 12.0. The molecule has 0 unspecified atom stereocenters. The Morgan fingerprint density at radius 3 is 2.44 bits per heavy atom. The Labute approximate surface area is 109 Å². The lowest BCUT2D eigenvalue weighted by Gasteiger charge is -2.31. The normalized spacial score (nSPS) is 19.1. The number of ketones is 1. The Bertz CT molecular complexity index is 454. The number of carbonyl (C=O) groups excluding carboxylic acids is 1. The summed E-state index contributed by atoms with van der Waals surface area (Å²) in [5, 5.41) is 9.72. The van der Waals surface area contributed by atoms with Crippen LogP contribution in [0.3, 0.4) is 0 Å². The molecule has 2 heteroatoms. The minimum absolute atomic E-state index is 0.0723. The fraction of sp³-hybridized carbons (Fsp3) is 0.500. The number of nitrogens with zero attached hydrogens (tertiary/aromatic N) is 1. The Morgan fingerprint density at radius 1 is 1.33 bits per heavy atom. The van der Waals surface area contributed by atoms with Gasteiger partial charge in [0.05, 0.1) is 6.07 Å². The second-order valence-corrected chi connectivity index (χ2v) is 5.04. The number of hydrogen-bond donors (Lipinski definition) is 0. The molecule has 1 fully saturated rings. The van der Waals surface area contributed by atoms with Crippen molar-refractivity contribution in [1.29, 1.82) is 5.26 Å². The number of carbonyl (C=O) groups is 1. The number of rotatable bonds is 4. The summed E-state index contributed by atoms with van der Waals surface area (Å²) in [5.41, 5.74) is -0.0294. The Kier molecular flexibility index (Phi) is 3.81. The summed E-state index contributed by atoms with van der Waals surface area (Å²) in [5.74, 6) is 0.264. The molecule has 0 heterocycles. The number of nitriles is 1. The van der Waals surface area contributed by atoms with Crippen molar-refractivity contribution in [3.05, 3.63) is 35.9 Å². The predicted molar refractivity (Wildman–Crippen MR) is 71.0 cm³/mol. The van der Waals surface area contributed by atoms with Crippen molar-refractivity contribution in [3.8, 4) is 6.07 Å². The van der Waals surface area contributed by atoms with Crippen molar-refractivity contribution >= 4 is 5.78 Å². The lowest BCUT2D eigenvalue weighted by atomic mass is 9.67. The topological polar surface area (TPSA) is 40.9 Å². The Balaban J connectivity index is 2.51. The van der Waals surface area contributed by atoms with Gasteiger partial charge in [0.1, 0.15) is 5.41 Å². The monoisotopic (exact) mass is 241 g/mol. The summed E-state index contributed by atoms with van der Waals surface area (Å²) in [7, 11) is 0. The highest BCUT2D eigenvalue weighted by molar-refractivity contribution is 5.93. The largest absolute Gasteiger partial charge is 0.298 e.